The van der Waals surface area contributed by atoms with Crippen LogP contribution in [0.25, 0.3) is 0 Å². The third-order valence-electron chi connectivity index (χ3n) is 4.02. The van der Waals surface area contributed by atoms with Crippen LogP contribution in [0.1, 0.15) is 29.8 Å². The van der Waals surface area contributed by atoms with Crippen LogP contribution < -0.4 is 5.32 Å². The summed E-state index contributed by atoms with van der Waals surface area (Å²) < 4.78 is 5.10. The molecule has 23 heavy (non-hydrogen) atoms. The van der Waals surface area contributed by atoms with Crippen molar-refractivity contribution in [3.05, 3.63) is 58.3 Å². The average Bonchev–Trinajstić information content (AvgIpc) is 3.07. The molecule has 2 aromatic rings. The highest BCUT2D eigenvalue weighted by Crippen LogP contribution is 2.38. The Morgan fingerprint density at radius 2 is 2.00 bits per heavy atom. The van der Waals surface area contributed by atoms with Crippen molar-refractivity contribution in [1.29, 1.82) is 0 Å². The van der Waals surface area contributed by atoms with E-state index in [4.69, 9.17) is 4.74 Å². The second kappa shape index (κ2) is 6.96. The largest absolute Gasteiger partial charge is 0.455 e. The molecule has 1 N–H and O–H groups in total. The number of ether oxygens (including phenoxy) is 1. The van der Waals surface area contributed by atoms with E-state index in [1.54, 1.807) is 11.3 Å². The van der Waals surface area contributed by atoms with Crippen molar-refractivity contribution in [2.24, 2.45) is 11.8 Å². The summed E-state index contributed by atoms with van der Waals surface area (Å²) in [6.07, 6.45) is 0.863. The molecule has 0 aliphatic heterocycles. The first kappa shape index (κ1) is 15.7. The van der Waals surface area contributed by atoms with Crippen molar-refractivity contribution < 1.29 is 14.3 Å². The summed E-state index contributed by atoms with van der Waals surface area (Å²) in [6.45, 7) is 1.78. The summed E-state index contributed by atoms with van der Waals surface area (Å²) in [5, 5.41) is 4.93. The average molecular weight is 329 g/mol. The first-order valence-corrected chi connectivity index (χ1v) is 8.57. The Morgan fingerprint density at radius 3 is 2.61 bits per heavy atom. The summed E-state index contributed by atoms with van der Waals surface area (Å²) >= 11 is 1.58. The first-order chi connectivity index (χ1) is 11.1. The van der Waals surface area contributed by atoms with E-state index in [1.165, 1.54) is 0 Å². The van der Waals surface area contributed by atoms with Gasteiger partial charge in [0.2, 0.25) is 0 Å². The van der Waals surface area contributed by atoms with E-state index < -0.39 is 0 Å². The zero-order valence-corrected chi connectivity index (χ0v) is 13.7. The molecular formula is C18H19NO3S. The Labute approximate surface area is 139 Å². The van der Waals surface area contributed by atoms with E-state index in [0.29, 0.717) is 5.92 Å². The minimum absolute atomic E-state index is 0.0231. The van der Waals surface area contributed by atoms with Gasteiger partial charge in [0.25, 0.3) is 5.91 Å². The molecule has 1 amide bonds. The van der Waals surface area contributed by atoms with Crippen molar-refractivity contribution in [3.8, 4) is 0 Å². The van der Waals surface area contributed by atoms with Crippen molar-refractivity contribution in [2.45, 2.75) is 19.4 Å². The third-order valence-corrected chi connectivity index (χ3v) is 4.96. The summed E-state index contributed by atoms with van der Waals surface area (Å²) in [7, 11) is 0. The molecule has 5 heteroatoms. The Balaban J connectivity index is 1.62. The maximum absolute atomic E-state index is 12.2. The molecule has 0 spiro atoms. The van der Waals surface area contributed by atoms with E-state index >= 15 is 0 Å². The summed E-state index contributed by atoms with van der Waals surface area (Å²) in [5.41, 5.74) is 1.01. The zero-order chi connectivity index (χ0) is 16.2. The molecule has 3 atom stereocenters. The molecule has 0 radical (unpaired) electrons. The number of thiophene rings is 1. The van der Waals surface area contributed by atoms with Gasteiger partial charge in [0.05, 0.1) is 12.0 Å². The molecular weight excluding hydrogens is 310 g/mol. The number of esters is 1. The standard InChI is InChI=1S/C18H19NO3S/c1-12-10-14(12)18(21)22-11-16(20)19-17(15-8-5-9-23-15)13-6-3-2-4-7-13/h2-9,12,14,17H,10-11H2,1H3,(H,19,20)/t12-,14+,17+/m1/s1. The summed E-state index contributed by atoms with van der Waals surface area (Å²) in [5.74, 6) is -0.187. The molecule has 1 aromatic heterocycles. The second-order valence-electron chi connectivity index (χ2n) is 5.85. The number of carbonyl (C=O) groups excluding carboxylic acids is 2. The minimum Gasteiger partial charge on any atom is -0.455 e. The second-order valence-corrected chi connectivity index (χ2v) is 6.83. The fourth-order valence-corrected chi connectivity index (χ4v) is 3.32. The number of benzene rings is 1. The number of carbonyl (C=O) groups is 2. The molecule has 1 aliphatic carbocycles. The number of nitrogens with one attached hydrogen (secondary N) is 1. The molecule has 0 unspecified atom stereocenters. The Hall–Kier alpha value is -2.14. The van der Waals surface area contributed by atoms with Gasteiger partial charge in [-0.1, -0.05) is 43.3 Å². The maximum atomic E-state index is 12.2. The quantitative estimate of drug-likeness (QED) is 0.828. The van der Waals surface area contributed by atoms with Gasteiger partial charge in [0.15, 0.2) is 6.61 Å². The molecule has 120 valence electrons. The van der Waals surface area contributed by atoms with Gasteiger partial charge in [-0.25, -0.2) is 0 Å². The zero-order valence-electron chi connectivity index (χ0n) is 12.9. The van der Waals surface area contributed by atoms with Gasteiger partial charge in [-0.15, -0.1) is 11.3 Å². The van der Waals surface area contributed by atoms with Crippen LogP contribution in [0, 0.1) is 11.8 Å². The SMILES string of the molecule is C[C@@H]1C[C@@H]1C(=O)OCC(=O)N[C@@H](c1ccccc1)c1cccs1. The lowest BCUT2D eigenvalue weighted by Gasteiger charge is -2.18. The lowest BCUT2D eigenvalue weighted by atomic mass is 10.1. The molecule has 0 bridgehead atoms. The van der Waals surface area contributed by atoms with E-state index in [9.17, 15) is 9.59 Å². The smallest absolute Gasteiger partial charge is 0.309 e. The minimum atomic E-state index is -0.283. The van der Waals surface area contributed by atoms with Crippen LogP contribution in [0.5, 0.6) is 0 Å². The van der Waals surface area contributed by atoms with Crippen LogP contribution in [0.2, 0.25) is 0 Å². The van der Waals surface area contributed by atoms with Crippen LogP contribution >= 0.6 is 11.3 Å². The molecule has 1 saturated carbocycles. The van der Waals surface area contributed by atoms with Crippen LogP contribution in [0.15, 0.2) is 47.8 Å². The van der Waals surface area contributed by atoms with Gasteiger partial charge in [0.1, 0.15) is 0 Å². The highest BCUT2D eigenvalue weighted by molar-refractivity contribution is 7.10. The predicted molar refractivity (Wildman–Crippen MR) is 89.0 cm³/mol. The van der Waals surface area contributed by atoms with Crippen LogP contribution in [-0.2, 0) is 14.3 Å². The molecule has 0 saturated heterocycles. The number of amides is 1. The van der Waals surface area contributed by atoms with E-state index in [1.807, 2.05) is 54.8 Å². The van der Waals surface area contributed by atoms with E-state index in [2.05, 4.69) is 5.32 Å². The number of hydrogen-bond acceptors (Lipinski definition) is 4. The number of rotatable bonds is 6. The molecule has 1 heterocycles. The fraction of sp³-hybridized carbons (Fsp3) is 0.333. The molecule has 3 rings (SSSR count). The number of hydrogen-bond donors (Lipinski definition) is 1. The van der Waals surface area contributed by atoms with Crippen molar-refractivity contribution >= 4 is 23.2 Å². The third kappa shape index (κ3) is 3.99. The van der Waals surface area contributed by atoms with Gasteiger partial charge in [0, 0.05) is 4.88 Å². The lowest BCUT2D eigenvalue weighted by Crippen LogP contribution is -2.33. The Morgan fingerprint density at radius 1 is 1.26 bits per heavy atom. The summed E-state index contributed by atoms with van der Waals surface area (Å²) in [4.78, 5) is 24.9. The molecule has 1 aromatic carbocycles. The summed E-state index contributed by atoms with van der Waals surface area (Å²) in [6, 6.07) is 13.5. The van der Waals surface area contributed by atoms with Gasteiger partial charge in [-0.2, -0.15) is 0 Å². The van der Waals surface area contributed by atoms with Crippen molar-refractivity contribution in [2.75, 3.05) is 6.61 Å². The predicted octanol–water partition coefficient (Wildman–Crippen LogP) is 3.15. The highest BCUT2D eigenvalue weighted by Gasteiger charge is 2.40. The molecule has 1 aliphatic rings. The van der Waals surface area contributed by atoms with Gasteiger partial charge >= 0.3 is 5.97 Å². The van der Waals surface area contributed by atoms with Crippen LogP contribution in [0.3, 0.4) is 0 Å². The van der Waals surface area contributed by atoms with Gasteiger partial charge < -0.3 is 10.1 Å². The normalized spacial score (nSPS) is 20.6. The topological polar surface area (TPSA) is 55.4 Å². The van der Waals surface area contributed by atoms with Crippen LogP contribution in [0.4, 0.5) is 0 Å². The van der Waals surface area contributed by atoms with Crippen molar-refractivity contribution in [3.63, 3.8) is 0 Å². The Bertz CT molecular complexity index is 669. The lowest BCUT2D eigenvalue weighted by molar-refractivity contribution is -0.150. The monoisotopic (exact) mass is 329 g/mol. The van der Waals surface area contributed by atoms with Gasteiger partial charge in [-0.05, 0) is 29.3 Å². The molecule has 4 nitrogen and oxygen atoms in total. The van der Waals surface area contributed by atoms with Gasteiger partial charge in [-0.3, -0.25) is 9.59 Å². The molecule has 1 fully saturated rings. The maximum Gasteiger partial charge on any atom is 0.309 e. The van der Waals surface area contributed by atoms with Crippen molar-refractivity contribution in [1.82, 2.24) is 5.32 Å². The fourth-order valence-electron chi connectivity index (χ4n) is 2.52. The van der Waals surface area contributed by atoms with E-state index in [-0.39, 0.29) is 30.4 Å². The Kier molecular flexibility index (Phi) is 4.76. The van der Waals surface area contributed by atoms with E-state index in [0.717, 1.165) is 16.9 Å². The highest BCUT2D eigenvalue weighted by atomic mass is 32.1. The first-order valence-electron chi connectivity index (χ1n) is 7.69. The van der Waals surface area contributed by atoms with Crippen LogP contribution in [-0.4, -0.2) is 18.5 Å².